The van der Waals surface area contributed by atoms with Gasteiger partial charge in [-0.25, -0.2) is 0 Å². The summed E-state index contributed by atoms with van der Waals surface area (Å²) < 4.78 is 2.09. The first-order valence-corrected chi connectivity index (χ1v) is 9.23. The number of piperidine rings is 1. The average Bonchev–Trinajstić information content (AvgIpc) is 2.80. The van der Waals surface area contributed by atoms with Crippen LogP contribution in [0, 0.1) is 13.8 Å². The molecule has 3 heterocycles. The Hall–Kier alpha value is -1.89. The molecular formula is C18H28N4O3. The van der Waals surface area contributed by atoms with E-state index < -0.39 is 5.97 Å². The molecule has 1 amide bonds. The van der Waals surface area contributed by atoms with Crippen molar-refractivity contribution in [1.29, 1.82) is 0 Å². The number of carbonyl (C=O) groups is 2. The molecule has 2 atom stereocenters. The Morgan fingerprint density at radius 3 is 2.72 bits per heavy atom. The third-order valence-electron chi connectivity index (χ3n) is 5.34. The fraction of sp³-hybridized carbons (Fsp3) is 0.722. The van der Waals surface area contributed by atoms with Gasteiger partial charge in [0.25, 0.3) is 0 Å². The van der Waals surface area contributed by atoms with Gasteiger partial charge < -0.3 is 10.0 Å². The maximum absolute atomic E-state index is 12.9. The van der Waals surface area contributed by atoms with Crippen LogP contribution in [0.4, 0.5) is 0 Å². The minimum atomic E-state index is -0.937. The molecule has 2 unspecified atom stereocenters. The average molecular weight is 348 g/mol. The van der Waals surface area contributed by atoms with E-state index in [2.05, 4.69) is 27.7 Å². The van der Waals surface area contributed by atoms with Crippen LogP contribution in [0.25, 0.3) is 0 Å². The zero-order valence-corrected chi connectivity index (χ0v) is 15.1. The lowest BCUT2D eigenvalue weighted by Crippen LogP contribution is -2.52. The van der Waals surface area contributed by atoms with E-state index in [1.54, 1.807) is 0 Å². The number of amides is 1. The number of hydrogen-bond donors (Lipinski definition) is 1. The number of aryl methyl sites for hydroxylation is 2. The molecule has 0 aliphatic carbocycles. The maximum atomic E-state index is 12.9. The van der Waals surface area contributed by atoms with Crippen molar-refractivity contribution in [1.82, 2.24) is 19.6 Å². The number of carboxylic acids is 1. The highest BCUT2D eigenvalue weighted by molar-refractivity contribution is 5.85. The summed E-state index contributed by atoms with van der Waals surface area (Å²) in [6.07, 6.45) is 4.76. The molecule has 7 nitrogen and oxygen atoms in total. The molecule has 0 aromatic carbocycles. The van der Waals surface area contributed by atoms with Crippen molar-refractivity contribution in [3.63, 3.8) is 0 Å². The number of carboxylic acid groups (broad SMARTS) is 1. The van der Waals surface area contributed by atoms with Crippen molar-refractivity contribution in [2.45, 2.75) is 58.0 Å². The van der Waals surface area contributed by atoms with Crippen molar-refractivity contribution in [2.75, 3.05) is 26.2 Å². The molecule has 2 aliphatic heterocycles. The highest BCUT2D eigenvalue weighted by Crippen LogP contribution is 2.27. The number of rotatable bonds is 4. The van der Waals surface area contributed by atoms with Crippen LogP contribution in [0.1, 0.15) is 49.5 Å². The summed E-state index contributed by atoms with van der Waals surface area (Å²) >= 11 is 0. The molecule has 2 fully saturated rings. The van der Waals surface area contributed by atoms with Gasteiger partial charge in [-0.1, -0.05) is 0 Å². The molecule has 25 heavy (non-hydrogen) atoms. The van der Waals surface area contributed by atoms with Crippen molar-refractivity contribution >= 4 is 11.9 Å². The van der Waals surface area contributed by atoms with E-state index in [9.17, 15) is 9.59 Å². The van der Waals surface area contributed by atoms with Gasteiger partial charge in [0.2, 0.25) is 5.91 Å². The SMILES string of the molecule is Cc1cc(C)n(C2CCCN(C3CCCCN(CC(=O)O)C3=O)C2)n1. The van der Waals surface area contributed by atoms with Gasteiger partial charge in [-0.2, -0.15) is 5.10 Å². The molecule has 138 valence electrons. The van der Waals surface area contributed by atoms with E-state index in [0.29, 0.717) is 6.54 Å². The van der Waals surface area contributed by atoms with E-state index in [-0.39, 0.29) is 24.5 Å². The lowest BCUT2D eigenvalue weighted by molar-refractivity contribution is -0.146. The highest BCUT2D eigenvalue weighted by atomic mass is 16.4. The summed E-state index contributed by atoms with van der Waals surface area (Å²) in [6.45, 7) is 6.14. The summed E-state index contributed by atoms with van der Waals surface area (Å²) in [4.78, 5) is 27.7. The second-order valence-corrected chi connectivity index (χ2v) is 7.33. The summed E-state index contributed by atoms with van der Waals surface area (Å²) in [5, 5.41) is 13.7. The van der Waals surface area contributed by atoms with Gasteiger partial charge in [0.15, 0.2) is 0 Å². The molecule has 2 saturated heterocycles. The minimum Gasteiger partial charge on any atom is -0.480 e. The molecule has 0 bridgehead atoms. The molecular weight excluding hydrogens is 320 g/mol. The number of hydrogen-bond acceptors (Lipinski definition) is 4. The Morgan fingerprint density at radius 1 is 1.24 bits per heavy atom. The van der Waals surface area contributed by atoms with Gasteiger partial charge in [-0.15, -0.1) is 0 Å². The van der Waals surface area contributed by atoms with Crippen LogP contribution in [0.2, 0.25) is 0 Å². The lowest BCUT2D eigenvalue weighted by atomic mass is 10.0. The molecule has 1 aromatic heterocycles. The smallest absolute Gasteiger partial charge is 0.323 e. The van der Waals surface area contributed by atoms with E-state index in [1.165, 1.54) is 4.90 Å². The van der Waals surface area contributed by atoms with Crippen molar-refractivity contribution < 1.29 is 14.7 Å². The Morgan fingerprint density at radius 2 is 2.04 bits per heavy atom. The zero-order valence-electron chi connectivity index (χ0n) is 15.1. The van der Waals surface area contributed by atoms with E-state index >= 15 is 0 Å². The van der Waals surface area contributed by atoms with Crippen LogP contribution < -0.4 is 0 Å². The molecule has 0 radical (unpaired) electrons. The van der Waals surface area contributed by atoms with Crippen molar-refractivity contribution in [3.05, 3.63) is 17.5 Å². The van der Waals surface area contributed by atoms with Crippen LogP contribution in [0.3, 0.4) is 0 Å². The number of likely N-dealkylation sites (tertiary alicyclic amines) is 2. The Bertz CT molecular complexity index is 642. The van der Waals surface area contributed by atoms with Gasteiger partial charge >= 0.3 is 5.97 Å². The van der Waals surface area contributed by atoms with E-state index in [4.69, 9.17) is 5.11 Å². The standard InChI is InChI=1S/C18H28N4O3/c1-13-10-14(2)22(19-13)15-6-5-9-20(11-15)16-7-3-4-8-21(18(16)25)12-17(23)24/h10,15-16H,3-9,11-12H2,1-2H3,(H,23,24). The fourth-order valence-electron chi connectivity index (χ4n) is 4.23. The van der Waals surface area contributed by atoms with Gasteiger partial charge in [0.05, 0.1) is 17.8 Å². The van der Waals surface area contributed by atoms with Gasteiger partial charge in [-0.3, -0.25) is 19.2 Å². The number of carbonyl (C=O) groups excluding carboxylic acids is 1. The largest absolute Gasteiger partial charge is 0.480 e. The molecule has 3 rings (SSSR count). The summed E-state index contributed by atoms with van der Waals surface area (Å²) in [5.41, 5.74) is 2.18. The van der Waals surface area contributed by atoms with E-state index in [1.807, 2.05) is 6.92 Å². The monoisotopic (exact) mass is 348 g/mol. The summed E-state index contributed by atoms with van der Waals surface area (Å²) in [7, 11) is 0. The normalized spacial score (nSPS) is 25.8. The maximum Gasteiger partial charge on any atom is 0.323 e. The molecule has 1 N–H and O–H groups in total. The van der Waals surface area contributed by atoms with E-state index in [0.717, 1.165) is 56.6 Å². The second kappa shape index (κ2) is 7.56. The summed E-state index contributed by atoms with van der Waals surface area (Å²) in [6, 6.07) is 2.18. The van der Waals surface area contributed by atoms with Crippen LogP contribution in [-0.4, -0.2) is 68.8 Å². The number of aromatic nitrogens is 2. The quantitative estimate of drug-likeness (QED) is 0.894. The third kappa shape index (κ3) is 4.03. The molecule has 7 heteroatoms. The predicted octanol–water partition coefficient (Wildman–Crippen LogP) is 1.60. The molecule has 0 saturated carbocycles. The number of aliphatic carboxylic acids is 1. The zero-order chi connectivity index (χ0) is 18.0. The van der Waals surface area contributed by atoms with Crippen LogP contribution in [0.5, 0.6) is 0 Å². The molecule has 2 aliphatic rings. The highest BCUT2D eigenvalue weighted by Gasteiger charge is 2.35. The Balaban J connectivity index is 1.74. The van der Waals surface area contributed by atoms with Crippen LogP contribution in [0.15, 0.2) is 6.07 Å². The van der Waals surface area contributed by atoms with Crippen LogP contribution in [-0.2, 0) is 9.59 Å². The third-order valence-corrected chi connectivity index (χ3v) is 5.34. The first-order chi connectivity index (χ1) is 12.0. The summed E-state index contributed by atoms with van der Waals surface area (Å²) in [5.74, 6) is -0.956. The minimum absolute atomic E-state index is 0.0195. The first kappa shape index (κ1) is 17.9. The second-order valence-electron chi connectivity index (χ2n) is 7.33. The van der Waals surface area contributed by atoms with Gasteiger partial charge in [-0.05, 0) is 58.6 Å². The van der Waals surface area contributed by atoms with Crippen LogP contribution >= 0.6 is 0 Å². The molecule has 0 spiro atoms. The van der Waals surface area contributed by atoms with Gasteiger partial charge in [0.1, 0.15) is 6.54 Å². The predicted molar refractivity (Wildman–Crippen MR) is 93.4 cm³/mol. The lowest BCUT2D eigenvalue weighted by Gasteiger charge is -2.38. The topological polar surface area (TPSA) is 78.7 Å². The molecule has 1 aromatic rings. The fourth-order valence-corrected chi connectivity index (χ4v) is 4.23. The number of nitrogens with zero attached hydrogens (tertiary/aromatic N) is 4. The van der Waals surface area contributed by atoms with Crippen molar-refractivity contribution in [2.24, 2.45) is 0 Å². The van der Waals surface area contributed by atoms with Crippen molar-refractivity contribution in [3.8, 4) is 0 Å². The Labute approximate surface area is 148 Å². The first-order valence-electron chi connectivity index (χ1n) is 9.23. The Kier molecular flexibility index (Phi) is 5.42. The van der Waals surface area contributed by atoms with Gasteiger partial charge in [0, 0.05) is 18.8 Å².